The molecule has 15 heavy (non-hydrogen) atoms. The van der Waals surface area contributed by atoms with E-state index in [0.717, 1.165) is 10.8 Å². The van der Waals surface area contributed by atoms with Crippen LogP contribution in [0.3, 0.4) is 0 Å². The van der Waals surface area contributed by atoms with Gasteiger partial charge in [0.1, 0.15) is 0 Å². The van der Waals surface area contributed by atoms with Crippen molar-refractivity contribution in [3.63, 3.8) is 0 Å². The molecule has 2 rings (SSSR count). The predicted octanol–water partition coefficient (Wildman–Crippen LogP) is 1.59. The Morgan fingerprint density at radius 3 is 0.933 bits per heavy atom. The Morgan fingerprint density at radius 2 is 0.733 bits per heavy atom. The number of halogens is 1. The van der Waals surface area contributed by atoms with Crippen LogP contribution in [-0.4, -0.2) is 0 Å². The molecule has 8 N–H and O–H groups in total. The summed E-state index contributed by atoms with van der Waals surface area (Å²) in [4.78, 5) is 0. The van der Waals surface area contributed by atoms with Crippen LogP contribution in [-0.2, 0) is 0 Å². The zero-order valence-electron chi connectivity index (χ0n) is 8.03. The largest absolute Gasteiger partial charge is 0.398 e. The van der Waals surface area contributed by atoms with E-state index in [0.29, 0.717) is 22.7 Å². The molecule has 0 aliphatic carbocycles. The second kappa shape index (κ2) is 3.74. The molecule has 0 heterocycles. The molecular formula is C10H13ClN4. The summed E-state index contributed by atoms with van der Waals surface area (Å²) in [6, 6.07) is 6.92. The van der Waals surface area contributed by atoms with Gasteiger partial charge in [-0.25, -0.2) is 0 Å². The molecule has 80 valence electrons. The van der Waals surface area contributed by atoms with Crippen LogP contribution in [0.4, 0.5) is 22.7 Å². The van der Waals surface area contributed by atoms with Crippen molar-refractivity contribution >= 4 is 45.9 Å². The monoisotopic (exact) mass is 224 g/mol. The molecular weight excluding hydrogens is 212 g/mol. The Hall–Kier alpha value is -1.81. The fourth-order valence-electron chi connectivity index (χ4n) is 1.60. The quantitative estimate of drug-likeness (QED) is 0.510. The minimum absolute atomic E-state index is 0. The third kappa shape index (κ3) is 1.59. The molecule has 0 aliphatic rings. The predicted molar refractivity (Wildman–Crippen MR) is 68.8 cm³/mol. The lowest BCUT2D eigenvalue weighted by Gasteiger charge is -2.10. The van der Waals surface area contributed by atoms with Gasteiger partial charge in [0.25, 0.3) is 0 Å². The maximum atomic E-state index is 5.80. The molecule has 0 amide bonds. The highest BCUT2D eigenvalue weighted by Crippen LogP contribution is 2.34. The Labute approximate surface area is 93.6 Å². The molecule has 2 aromatic rings. The summed E-state index contributed by atoms with van der Waals surface area (Å²) in [5, 5.41) is 1.48. The highest BCUT2D eigenvalue weighted by molar-refractivity contribution is 6.12. The van der Waals surface area contributed by atoms with Crippen molar-refractivity contribution in [1.82, 2.24) is 0 Å². The van der Waals surface area contributed by atoms with E-state index < -0.39 is 0 Å². The Bertz CT molecular complexity index is 421. The van der Waals surface area contributed by atoms with Crippen molar-refractivity contribution in [3.05, 3.63) is 24.3 Å². The van der Waals surface area contributed by atoms with Gasteiger partial charge in [0.15, 0.2) is 0 Å². The van der Waals surface area contributed by atoms with Gasteiger partial charge in [0.05, 0.1) is 0 Å². The Morgan fingerprint density at radius 1 is 0.533 bits per heavy atom. The molecule has 0 bridgehead atoms. The van der Waals surface area contributed by atoms with Crippen LogP contribution in [0.25, 0.3) is 10.8 Å². The highest BCUT2D eigenvalue weighted by Gasteiger charge is 2.07. The molecule has 0 aliphatic heterocycles. The second-order valence-corrected chi connectivity index (χ2v) is 3.24. The SMILES string of the molecule is Cl.Nc1ccc(N)c2c(N)ccc(N)c12. The molecule has 0 unspecified atom stereocenters. The number of benzene rings is 2. The molecule has 0 radical (unpaired) electrons. The summed E-state index contributed by atoms with van der Waals surface area (Å²) in [6.45, 7) is 0. The van der Waals surface area contributed by atoms with E-state index in [2.05, 4.69) is 0 Å². The summed E-state index contributed by atoms with van der Waals surface area (Å²) in [7, 11) is 0. The minimum Gasteiger partial charge on any atom is -0.398 e. The zero-order chi connectivity index (χ0) is 10.3. The number of anilines is 4. The highest BCUT2D eigenvalue weighted by atomic mass is 35.5. The van der Waals surface area contributed by atoms with E-state index in [1.54, 1.807) is 24.3 Å². The summed E-state index contributed by atoms with van der Waals surface area (Å²) in [5.41, 5.74) is 25.6. The van der Waals surface area contributed by atoms with Crippen molar-refractivity contribution in [2.75, 3.05) is 22.9 Å². The van der Waals surface area contributed by atoms with Crippen molar-refractivity contribution in [3.8, 4) is 0 Å². The normalized spacial score (nSPS) is 9.87. The first-order chi connectivity index (χ1) is 6.61. The topological polar surface area (TPSA) is 104 Å². The number of fused-ring (bicyclic) bond motifs is 1. The van der Waals surface area contributed by atoms with Gasteiger partial charge in [-0.2, -0.15) is 0 Å². The van der Waals surface area contributed by atoms with E-state index in [9.17, 15) is 0 Å². The van der Waals surface area contributed by atoms with E-state index in [1.165, 1.54) is 0 Å². The molecule has 0 fully saturated rings. The third-order valence-corrected chi connectivity index (χ3v) is 2.29. The summed E-state index contributed by atoms with van der Waals surface area (Å²) >= 11 is 0. The van der Waals surface area contributed by atoms with Crippen molar-refractivity contribution in [1.29, 1.82) is 0 Å². The lowest BCUT2D eigenvalue weighted by Crippen LogP contribution is -1.99. The van der Waals surface area contributed by atoms with Gasteiger partial charge in [-0.3, -0.25) is 0 Å². The number of nitrogen functional groups attached to an aromatic ring is 4. The maximum Gasteiger partial charge on any atom is 0.0416 e. The van der Waals surface area contributed by atoms with Crippen LogP contribution >= 0.6 is 12.4 Å². The minimum atomic E-state index is 0. The van der Waals surface area contributed by atoms with E-state index in [1.807, 2.05) is 0 Å². The standard InChI is InChI=1S/C10H12N4.ClH/c11-5-1-2-6(12)10-8(14)4-3-7(13)9(5)10;/h1-4H,11-14H2;1H. The van der Waals surface area contributed by atoms with Crippen LogP contribution in [0.2, 0.25) is 0 Å². The number of rotatable bonds is 0. The first-order valence-corrected chi connectivity index (χ1v) is 4.23. The number of hydrogen-bond acceptors (Lipinski definition) is 4. The molecule has 0 saturated carbocycles. The molecule has 0 spiro atoms. The third-order valence-electron chi connectivity index (χ3n) is 2.29. The van der Waals surface area contributed by atoms with Gasteiger partial charge < -0.3 is 22.9 Å². The number of hydrogen-bond donors (Lipinski definition) is 4. The average Bonchev–Trinajstić information content (AvgIpc) is 2.16. The van der Waals surface area contributed by atoms with Crippen molar-refractivity contribution < 1.29 is 0 Å². The number of nitrogens with two attached hydrogens (primary N) is 4. The fraction of sp³-hybridized carbons (Fsp3) is 0. The summed E-state index contributed by atoms with van der Waals surface area (Å²) in [6.07, 6.45) is 0. The van der Waals surface area contributed by atoms with Crippen molar-refractivity contribution in [2.45, 2.75) is 0 Å². The lowest BCUT2D eigenvalue weighted by molar-refractivity contribution is 1.69. The van der Waals surface area contributed by atoms with Crippen molar-refractivity contribution in [2.24, 2.45) is 0 Å². The maximum absolute atomic E-state index is 5.80. The van der Waals surface area contributed by atoms with Crippen LogP contribution in [0.1, 0.15) is 0 Å². The van der Waals surface area contributed by atoms with Gasteiger partial charge in [-0.1, -0.05) is 0 Å². The smallest absolute Gasteiger partial charge is 0.0416 e. The van der Waals surface area contributed by atoms with Gasteiger partial charge in [-0.15, -0.1) is 12.4 Å². The van der Waals surface area contributed by atoms with Crippen LogP contribution < -0.4 is 22.9 Å². The van der Waals surface area contributed by atoms with E-state index in [-0.39, 0.29) is 12.4 Å². The summed E-state index contributed by atoms with van der Waals surface area (Å²) in [5.74, 6) is 0. The molecule has 0 atom stereocenters. The van der Waals surface area contributed by atoms with Gasteiger partial charge in [0.2, 0.25) is 0 Å². The zero-order valence-corrected chi connectivity index (χ0v) is 8.84. The summed E-state index contributed by atoms with van der Waals surface area (Å²) < 4.78 is 0. The van der Waals surface area contributed by atoms with Gasteiger partial charge in [-0.05, 0) is 24.3 Å². The lowest BCUT2D eigenvalue weighted by atomic mass is 10.0. The molecule has 0 aromatic heterocycles. The second-order valence-electron chi connectivity index (χ2n) is 3.24. The van der Waals surface area contributed by atoms with Crippen LogP contribution in [0.5, 0.6) is 0 Å². The first-order valence-electron chi connectivity index (χ1n) is 4.23. The molecule has 2 aromatic carbocycles. The average molecular weight is 225 g/mol. The van der Waals surface area contributed by atoms with Gasteiger partial charge in [0, 0.05) is 33.5 Å². The molecule has 4 nitrogen and oxygen atoms in total. The van der Waals surface area contributed by atoms with E-state index in [4.69, 9.17) is 22.9 Å². The van der Waals surface area contributed by atoms with E-state index >= 15 is 0 Å². The van der Waals surface area contributed by atoms with Crippen LogP contribution in [0, 0.1) is 0 Å². The molecule has 5 heteroatoms. The van der Waals surface area contributed by atoms with Gasteiger partial charge >= 0.3 is 0 Å². The fourth-order valence-corrected chi connectivity index (χ4v) is 1.60. The first kappa shape index (κ1) is 11.3. The Kier molecular flexibility index (Phi) is 2.81. The molecule has 0 saturated heterocycles. The Balaban J connectivity index is 0.00000112. The van der Waals surface area contributed by atoms with Crippen LogP contribution in [0.15, 0.2) is 24.3 Å².